The van der Waals surface area contributed by atoms with Crippen LogP contribution in [-0.4, -0.2) is 45.4 Å². The largest absolute Gasteiger partial charge is 0.352 e. The lowest BCUT2D eigenvalue weighted by Gasteiger charge is -2.15. The van der Waals surface area contributed by atoms with Crippen molar-refractivity contribution in [2.75, 3.05) is 30.9 Å². The Balaban J connectivity index is 1.65. The van der Waals surface area contributed by atoms with Crippen molar-refractivity contribution < 1.29 is 13.2 Å². The van der Waals surface area contributed by atoms with Crippen LogP contribution >= 0.6 is 0 Å². The van der Waals surface area contributed by atoms with Gasteiger partial charge in [-0.25, -0.2) is 8.42 Å². The maximum atomic E-state index is 12.9. The first-order valence-corrected chi connectivity index (χ1v) is 11.5. The van der Waals surface area contributed by atoms with Crippen molar-refractivity contribution in [1.29, 1.82) is 0 Å². The van der Waals surface area contributed by atoms with Gasteiger partial charge in [-0.1, -0.05) is 18.2 Å². The molecule has 29 heavy (non-hydrogen) atoms. The van der Waals surface area contributed by atoms with Gasteiger partial charge in [0.2, 0.25) is 0 Å². The Kier molecular flexibility index (Phi) is 6.92. The molecule has 0 spiro atoms. The van der Waals surface area contributed by atoms with Crippen molar-refractivity contribution in [3.05, 3.63) is 59.2 Å². The third-order valence-corrected chi connectivity index (χ3v) is 6.67. The highest BCUT2D eigenvalue weighted by atomic mass is 32.2. The summed E-state index contributed by atoms with van der Waals surface area (Å²) in [6.07, 6.45) is 3.39. The molecule has 2 aromatic carbocycles. The minimum absolute atomic E-state index is 0.115. The number of carbonyl (C=O) groups is 1. The molecule has 1 amide bonds. The van der Waals surface area contributed by atoms with E-state index in [0.29, 0.717) is 23.4 Å². The zero-order valence-corrected chi connectivity index (χ0v) is 17.9. The second-order valence-electron chi connectivity index (χ2n) is 7.61. The van der Waals surface area contributed by atoms with Crippen molar-refractivity contribution in [3.63, 3.8) is 0 Å². The number of nitrogens with one attached hydrogen (secondary N) is 2. The maximum absolute atomic E-state index is 12.9. The van der Waals surface area contributed by atoms with Crippen molar-refractivity contribution in [2.24, 2.45) is 0 Å². The first-order chi connectivity index (χ1) is 13.8. The van der Waals surface area contributed by atoms with Gasteiger partial charge in [0.25, 0.3) is 15.9 Å². The highest BCUT2D eigenvalue weighted by molar-refractivity contribution is 7.92. The van der Waals surface area contributed by atoms with Crippen LogP contribution < -0.4 is 10.0 Å². The number of nitrogens with zero attached hydrogens (tertiary/aromatic N) is 1. The van der Waals surface area contributed by atoms with E-state index in [-0.39, 0.29) is 10.8 Å². The number of aryl methyl sites for hydroxylation is 2. The van der Waals surface area contributed by atoms with E-state index in [9.17, 15) is 13.2 Å². The summed E-state index contributed by atoms with van der Waals surface area (Å²) in [6.45, 7) is 7.46. The van der Waals surface area contributed by atoms with Crippen LogP contribution in [0.2, 0.25) is 0 Å². The van der Waals surface area contributed by atoms with Gasteiger partial charge < -0.3 is 10.2 Å². The molecule has 1 aliphatic rings. The predicted octanol–water partition coefficient (Wildman–Crippen LogP) is 3.32. The van der Waals surface area contributed by atoms with Crippen LogP contribution in [-0.2, 0) is 10.0 Å². The van der Waals surface area contributed by atoms with E-state index in [1.54, 1.807) is 37.3 Å². The number of hydrogen-bond donors (Lipinski definition) is 2. The third kappa shape index (κ3) is 5.81. The van der Waals surface area contributed by atoms with Gasteiger partial charge in [0.05, 0.1) is 4.90 Å². The minimum atomic E-state index is -3.79. The lowest BCUT2D eigenvalue weighted by molar-refractivity contribution is 0.0952. The Morgan fingerprint density at radius 1 is 1.07 bits per heavy atom. The van der Waals surface area contributed by atoms with Crippen LogP contribution in [0.5, 0.6) is 0 Å². The second-order valence-corrected chi connectivity index (χ2v) is 9.26. The third-order valence-electron chi connectivity index (χ3n) is 5.15. The van der Waals surface area contributed by atoms with E-state index in [2.05, 4.69) is 14.9 Å². The molecule has 3 rings (SSSR count). The van der Waals surface area contributed by atoms with E-state index in [1.807, 2.05) is 13.0 Å². The summed E-state index contributed by atoms with van der Waals surface area (Å²) in [4.78, 5) is 15.0. The summed E-state index contributed by atoms with van der Waals surface area (Å²) in [7, 11) is -3.79. The van der Waals surface area contributed by atoms with E-state index in [4.69, 9.17) is 0 Å². The second kappa shape index (κ2) is 9.41. The fourth-order valence-electron chi connectivity index (χ4n) is 3.56. The first-order valence-electron chi connectivity index (χ1n) is 10.1. The molecule has 7 heteroatoms. The van der Waals surface area contributed by atoms with Crippen LogP contribution in [0.25, 0.3) is 0 Å². The maximum Gasteiger partial charge on any atom is 0.262 e. The van der Waals surface area contributed by atoms with E-state index in [1.165, 1.54) is 18.9 Å². The van der Waals surface area contributed by atoms with E-state index in [0.717, 1.165) is 31.6 Å². The van der Waals surface area contributed by atoms with Crippen LogP contribution in [0.1, 0.15) is 40.7 Å². The molecule has 0 aromatic heterocycles. The molecule has 1 saturated heterocycles. The molecule has 2 N–H and O–H groups in total. The average Bonchev–Trinajstić information content (AvgIpc) is 3.18. The molecule has 156 valence electrons. The number of benzene rings is 2. The van der Waals surface area contributed by atoms with Gasteiger partial charge in [-0.05, 0) is 88.1 Å². The van der Waals surface area contributed by atoms with Crippen molar-refractivity contribution in [1.82, 2.24) is 10.2 Å². The molecule has 1 heterocycles. The molecule has 2 aromatic rings. The number of likely N-dealkylation sites (tertiary alicyclic amines) is 1. The quantitative estimate of drug-likeness (QED) is 0.649. The zero-order chi connectivity index (χ0) is 20.9. The molecular formula is C22H29N3O3S. The number of amides is 1. The molecule has 1 aliphatic heterocycles. The Labute approximate surface area is 173 Å². The van der Waals surface area contributed by atoms with Gasteiger partial charge in [0.15, 0.2) is 0 Å². The highest BCUT2D eigenvalue weighted by Crippen LogP contribution is 2.21. The summed E-state index contributed by atoms with van der Waals surface area (Å²) in [6, 6.07) is 12.0. The lowest BCUT2D eigenvalue weighted by atomic mass is 10.1. The van der Waals surface area contributed by atoms with Crippen LogP contribution in [0.3, 0.4) is 0 Å². The van der Waals surface area contributed by atoms with Crippen molar-refractivity contribution in [2.45, 2.75) is 38.0 Å². The molecule has 0 aliphatic carbocycles. The summed E-state index contributed by atoms with van der Waals surface area (Å²) >= 11 is 0. The monoisotopic (exact) mass is 415 g/mol. The molecule has 0 unspecified atom stereocenters. The summed E-state index contributed by atoms with van der Waals surface area (Å²) in [5.41, 5.74) is 2.40. The number of hydrogen-bond acceptors (Lipinski definition) is 4. The van der Waals surface area contributed by atoms with Gasteiger partial charge in [-0.15, -0.1) is 0 Å². The molecule has 6 nitrogen and oxygen atoms in total. The Bertz CT molecular complexity index is 967. The fourth-order valence-corrected chi connectivity index (χ4v) is 4.88. The molecule has 0 bridgehead atoms. The molecule has 0 atom stereocenters. The van der Waals surface area contributed by atoms with Gasteiger partial charge in [-0.3, -0.25) is 9.52 Å². The highest BCUT2D eigenvalue weighted by Gasteiger charge is 2.19. The normalized spacial score (nSPS) is 14.7. The first kappa shape index (κ1) is 21.3. The molecule has 0 radical (unpaired) electrons. The number of sulfonamides is 1. The number of carbonyl (C=O) groups excluding carboxylic acids is 1. The standard InChI is InChI=1S/C22H29N3O3S/c1-17-7-5-8-20(15-17)24-29(27,28)21-16-19(10-9-18(21)2)22(26)23-11-6-14-25-12-3-4-13-25/h5,7-10,15-16,24H,3-4,6,11-14H2,1-2H3,(H,23,26). The Morgan fingerprint density at radius 2 is 1.83 bits per heavy atom. The van der Waals surface area contributed by atoms with Crippen molar-refractivity contribution >= 4 is 21.6 Å². The van der Waals surface area contributed by atoms with Crippen molar-refractivity contribution in [3.8, 4) is 0 Å². The average molecular weight is 416 g/mol. The van der Waals surface area contributed by atoms with E-state index >= 15 is 0 Å². The lowest BCUT2D eigenvalue weighted by Crippen LogP contribution is -2.28. The number of rotatable bonds is 8. The van der Waals surface area contributed by atoms with E-state index < -0.39 is 10.0 Å². The topological polar surface area (TPSA) is 78.5 Å². The molecule has 0 saturated carbocycles. The number of anilines is 1. The van der Waals surface area contributed by atoms with Crippen LogP contribution in [0.15, 0.2) is 47.4 Å². The van der Waals surface area contributed by atoms with Gasteiger partial charge in [-0.2, -0.15) is 0 Å². The van der Waals surface area contributed by atoms with Gasteiger partial charge in [0, 0.05) is 17.8 Å². The van der Waals surface area contributed by atoms with Crippen LogP contribution in [0.4, 0.5) is 5.69 Å². The predicted molar refractivity (Wildman–Crippen MR) is 116 cm³/mol. The van der Waals surface area contributed by atoms with Gasteiger partial charge in [0.1, 0.15) is 0 Å². The molecular weight excluding hydrogens is 386 g/mol. The SMILES string of the molecule is Cc1cccc(NS(=O)(=O)c2cc(C(=O)NCCCN3CCCC3)ccc2C)c1. The summed E-state index contributed by atoms with van der Waals surface area (Å²) in [5.74, 6) is -0.251. The molecule has 1 fully saturated rings. The van der Waals surface area contributed by atoms with Gasteiger partial charge >= 0.3 is 0 Å². The van der Waals surface area contributed by atoms with Crippen LogP contribution in [0, 0.1) is 13.8 Å². The Hall–Kier alpha value is -2.38. The fraction of sp³-hybridized carbons (Fsp3) is 0.409. The zero-order valence-electron chi connectivity index (χ0n) is 17.1. The summed E-state index contributed by atoms with van der Waals surface area (Å²) in [5, 5.41) is 2.90. The Morgan fingerprint density at radius 3 is 2.55 bits per heavy atom. The minimum Gasteiger partial charge on any atom is -0.352 e. The summed E-state index contributed by atoms with van der Waals surface area (Å²) < 4.78 is 28.3. The smallest absolute Gasteiger partial charge is 0.262 e.